The highest BCUT2D eigenvalue weighted by molar-refractivity contribution is 6.30. The minimum absolute atomic E-state index is 0.198. The molecule has 0 saturated heterocycles. The topological polar surface area (TPSA) is 61.4 Å². The summed E-state index contributed by atoms with van der Waals surface area (Å²) in [6, 6.07) is 11.3. The average Bonchev–Trinajstić information content (AvgIpc) is 2.37. The average molecular weight is 277 g/mol. The zero-order chi connectivity index (χ0) is 13.8. The van der Waals surface area contributed by atoms with Crippen LogP contribution < -0.4 is 10.6 Å². The van der Waals surface area contributed by atoms with E-state index in [0.717, 1.165) is 0 Å². The molecule has 2 aromatic carbocycles. The van der Waals surface area contributed by atoms with Gasteiger partial charge in [-0.3, -0.25) is 0 Å². The highest BCUT2D eigenvalue weighted by Crippen LogP contribution is 2.20. The van der Waals surface area contributed by atoms with Crippen LogP contribution >= 0.6 is 11.6 Å². The lowest BCUT2D eigenvalue weighted by molar-refractivity contribution is 0.262. The fraction of sp³-hybridized carbons (Fsp3) is 0.0714. The first kappa shape index (κ1) is 13.2. The quantitative estimate of drug-likeness (QED) is 0.726. The van der Waals surface area contributed by atoms with Crippen LogP contribution in [0.4, 0.5) is 16.2 Å². The molecule has 0 fully saturated rings. The Morgan fingerprint density at radius 2 is 1.63 bits per heavy atom. The predicted octanol–water partition coefficient (Wildman–Crippen LogP) is 4.00. The van der Waals surface area contributed by atoms with Crippen molar-refractivity contribution in [3.8, 4) is 5.75 Å². The molecule has 2 amide bonds. The van der Waals surface area contributed by atoms with Crippen molar-refractivity contribution in [2.45, 2.75) is 6.92 Å². The number of urea groups is 1. The number of carbonyl (C=O) groups excluding carboxylic acids is 1. The fourth-order valence-corrected chi connectivity index (χ4v) is 1.69. The van der Waals surface area contributed by atoms with E-state index in [4.69, 9.17) is 11.6 Å². The summed E-state index contributed by atoms with van der Waals surface area (Å²) in [6.07, 6.45) is 0. The van der Waals surface area contributed by atoms with Crippen molar-refractivity contribution in [1.29, 1.82) is 0 Å². The van der Waals surface area contributed by atoms with Gasteiger partial charge in [0.2, 0.25) is 0 Å². The number of phenolic OH excluding ortho intramolecular Hbond substituents is 1. The van der Waals surface area contributed by atoms with Crippen LogP contribution in [0.25, 0.3) is 0 Å². The van der Waals surface area contributed by atoms with E-state index < -0.39 is 0 Å². The zero-order valence-corrected chi connectivity index (χ0v) is 11.0. The minimum atomic E-state index is -0.354. The second kappa shape index (κ2) is 5.63. The number of nitrogens with one attached hydrogen (secondary N) is 2. The Morgan fingerprint density at radius 3 is 2.26 bits per heavy atom. The SMILES string of the molecule is Cc1cc(NC(=O)Nc2ccc(Cl)cc2)ccc1O. The monoisotopic (exact) mass is 276 g/mol. The second-order valence-electron chi connectivity index (χ2n) is 4.09. The predicted molar refractivity (Wildman–Crippen MR) is 76.9 cm³/mol. The van der Waals surface area contributed by atoms with Crippen LogP contribution in [0.3, 0.4) is 0 Å². The Balaban J connectivity index is 2.01. The normalized spacial score (nSPS) is 10.0. The van der Waals surface area contributed by atoms with Crippen molar-refractivity contribution < 1.29 is 9.90 Å². The van der Waals surface area contributed by atoms with Gasteiger partial charge in [-0.2, -0.15) is 0 Å². The standard InChI is InChI=1S/C14H13ClN2O2/c1-9-8-12(6-7-13(9)18)17-14(19)16-11-4-2-10(15)3-5-11/h2-8,18H,1H3,(H2,16,17,19). The number of rotatable bonds is 2. The minimum Gasteiger partial charge on any atom is -0.508 e. The molecular formula is C14H13ClN2O2. The van der Waals surface area contributed by atoms with E-state index in [1.807, 2.05) is 0 Å². The highest BCUT2D eigenvalue weighted by atomic mass is 35.5. The maximum atomic E-state index is 11.7. The smallest absolute Gasteiger partial charge is 0.323 e. The first-order valence-corrected chi connectivity index (χ1v) is 6.05. The molecule has 3 N–H and O–H groups in total. The lowest BCUT2D eigenvalue weighted by Crippen LogP contribution is -2.19. The number of carbonyl (C=O) groups is 1. The summed E-state index contributed by atoms with van der Waals surface area (Å²) in [4.78, 5) is 11.7. The molecule has 0 spiro atoms. The van der Waals surface area contributed by atoms with Crippen molar-refractivity contribution in [3.63, 3.8) is 0 Å². The molecule has 0 saturated carbocycles. The molecule has 0 aliphatic heterocycles. The van der Waals surface area contributed by atoms with E-state index in [1.54, 1.807) is 43.3 Å². The molecular weight excluding hydrogens is 264 g/mol. The van der Waals surface area contributed by atoms with Gasteiger partial charge in [0.05, 0.1) is 0 Å². The Morgan fingerprint density at radius 1 is 1.05 bits per heavy atom. The van der Waals surface area contributed by atoms with Gasteiger partial charge < -0.3 is 15.7 Å². The van der Waals surface area contributed by atoms with Crippen LogP contribution in [-0.2, 0) is 0 Å². The van der Waals surface area contributed by atoms with Gasteiger partial charge in [0.25, 0.3) is 0 Å². The summed E-state index contributed by atoms with van der Waals surface area (Å²) in [6.45, 7) is 1.76. The van der Waals surface area contributed by atoms with E-state index in [1.165, 1.54) is 6.07 Å². The molecule has 0 aromatic heterocycles. The molecule has 2 rings (SSSR count). The summed E-state index contributed by atoms with van der Waals surface area (Å²) in [7, 11) is 0. The third-order valence-electron chi connectivity index (χ3n) is 2.56. The number of anilines is 2. The molecule has 4 nitrogen and oxygen atoms in total. The summed E-state index contributed by atoms with van der Waals surface area (Å²) >= 11 is 5.76. The number of amides is 2. The Bertz CT molecular complexity index is 597. The Kier molecular flexibility index (Phi) is 3.92. The molecule has 0 bridgehead atoms. The van der Waals surface area contributed by atoms with Crippen molar-refractivity contribution in [2.75, 3.05) is 10.6 Å². The maximum absolute atomic E-state index is 11.7. The third kappa shape index (κ3) is 3.63. The number of aryl methyl sites for hydroxylation is 1. The van der Waals surface area contributed by atoms with Crippen molar-refractivity contribution >= 4 is 29.0 Å². The fourth-order valence-electron chi connectivity index (χ4n) is 1.56. The first-order chi connectivity index (χ1) is 9.04. The molecule has 98 valence electrons. The van der Waals surface area contributed by atoms with E-state index in [2.05, 4.69) is 10.6 Å². The van der Waals surface area contributed by atoms with E-state index in [-0.39, 0.29) is 11.8 Å². The van der Waals surface area contributed by atoms with Gasteiger partial charge in [-0.25, -0.2) is 4.79 Å². The van der Waals surface area contributed by atoms with Gasteiger partial charge >= 0.3 is 6.03 Å². The molecule has 19 heavy (non-hydrogen) atoms. The number of aromatic hydroxyl groups is 1. The van der Waals surface area contributed by atoms with Gasteiger partial charge in [0.1, 0.15) is 5.75 Å². The van der Waals surface area contributed by atoms with Crippen molar-refractivity contribution in [1.82, 2.24) is 0 Å². The largest absolute Gasteiger partial charge is 0.508 e. The van der Waals surface area contributed by atoms with Crippen LogP contribution in [-0.4, -0.2) is 11.1 Å². The van der Waals surface area contributed by atoms with Gasteiger partial charge in [0.15, 0.2) is 0 Å². The number of benzene rings is 2. The van der Waals surface area contributed by atoms with Gasteiger partial charge in [-0.15, -0.1) is 0 Å². The summed E-state index contributed by atoms with van der Waals surface area (Å²) in [5.41, 5.74) is 1.96. The molecule has 5 heteroatoms. The lowest BCUT2D eigenvalue weighted by Gasteiger charge is -2.08. The van der Waals surface area contributed by atoms with E-state index in [0.29, 0.717) is 22.0 Å². The van der Waals surface area contributed by atoms with Crippen LogP contribution in [0, 0.1) is 6.92 Å². The zero-order valence-electron chi connectivity index (χ0n) is 10.3. The first-order valence-electron chi connectivity index (χ1n) is 5.68. The highest BCUT2D eigenvalue weighted by Gasteiger charge is 2.04. The number of hydrogen-bond donors (Lipinski definition) is 3. The number of phenols is 1. The molecule has 0 aliphatic rings. The third-order valence-corrected chi connectivity index (χ3v) is 2.81. The summed E-state index contributed by atoms with van der Waals surface area (Å²) < 4.78 is 0. The lowest BCUT2D eigenvalue weighted by atomic mass is 10.2. The molecule has 0 aliphatic carbocycles. The van der Waals surface area contributed by atoms with Gasteiger partial charge in [0, 0.05) is 16.4 Å². The Hall–Kier alpha value is -2.20. The molecule has 2 aromatic rings. The van der Waals surface area contributed by atoms with Crippen molar-refractivity contribution in [3.05, 3.63) is 53.1 Å². The summed E-state index contributed by atoms with van der Waals surface area (Å²) in [5.74, 6) is 0.198. The number of halogens is 1. The van der Waals surface area contributed by atoms with E-state index >= 15 is 0 Å². The summed E-state index contributed by atoms with van der Waals surface area (Å²) in [5, 5.41) is 15.4. The van der Waals surface area contributed by atoms with Crippen LogP contribution in [0.2, 0.25) is 5.02 Å². The van der Waals surface area contributed by atoms with Crippen LogP contribution in [0.1, 0.15) is 5.56 Å². The molecule has 0 radical (unpaired) electrons. The molecule has 0 heterocycles. The number of hydrogen-bond acceptors (Lipinski definition) is 2. The van der Waals surface area contributed by atoms with Gasteiger partial charge in [-0.1, -0.05) is 11.6 Å². The maximum Gasteiger partial charge on any atom is 0.323 e. The second-order valence-corrected chi connectivity index (χ2v) is 4.52. The molecule has 0 unspecified atom stereocenters. The van der Waals surface area contributed by atoms with Crippen LogP contribution in [0.5, 0.6) is 5.75 Å². The van der Waals surface area contributed by atoms with Crippen molar-refractivity contribution in [2.24, 2.45) is 0 Å². The van der Waals surface area contributed by atoms with E-state index in [9.17, 15) is 9.90 Å². The van der Waals surface area contributed by atoms with Gasteiger partial charge in [-0.05, 0) is 55.0 Å². The Labute approximate surface area is 116 Å². The molecule has 0 atom stereocenters. The van der Waals surface area contributed by atoms with Crippen LogP contribution in [0.15, 0.2) is 42.5 Å².